The van der Waals surface area contributed by atoms with E-state index in [4.69, 9.17) is 4.74 Å². The molecular weight excluding hydrogens is 417 g/mol. The van der Waals surface area contributed by atoms with E-state index in [0.29, 0.717) is 0 Å². The molecule has 2 atom stereocenters. The van der Waals surface area contributed by atoms with Crippen molar-refractivity contribution in [3.8, 4) is 0 Å². The Bertz CT molecular complexity index is 1000. The van der Waals surface area contributed by atoms with Crippen LogP contribution >= 0.6 is 0 Å². The third-order valence-corrected chi connectivity index (χ3v) is 4.72. The molecule has 0 aromatic heterocycles. The molecule has 0 bridgehead atoms. The molecule has 31 heavy (non-hydrogen) atoms. The maximum atomic E-state index is 13.8. The lowest BCUT2D eigenvalue weighted by atomic mass is 10.1. The van der Waals surface area contributed by atoms with Gasteiger partial charge in [0.1, 0.15) is 23.5 Å². The van der Waals surface area contributed by atoms with Gasteiger partial charge in [-0.05, 0) is 23.8 Å². The Labute approximate surface area is 175 Å². The second kappa shape index (κ2) is 9.61. The van der Waals surface area contributed by atoms with E-state index in [2.05, 4.69) is 5.32 Å². The van der Waals surface area contributed by atoms with Crippen molar-refractivity contribution in [2.45, 2.75) is 25.0 Å². The van der Waals surface area contributed by atoms with Gasteiger partial charge in [0.2, 0.25) is 5.91 Å². The molecular formula is C21H19F3N2O5. The molecule has 0 spiro atoms. The van der Waals surface area contributed by atoms with Gasteiger partial charge in [-0.2, -0.15) is 0 Å². The summed E-state index contributed by atoms with van der Waals surface area (Å²) in [5.41, 5.74) is -0.281. The summed E-state index contributed by atoms with van der Waals surface area (Å²) in [5, 5.41) is 12.0. The number of aliphatic hydroxyl groups is 1. The quantitative estimate of drug-likeness (QED) is 0.674. The number of carbonyl (C=O) groups excluding carboxylic acids is 3. The molecule has 164 valence electrons. The van der Waals surface area contributed by atoms with Crippen molar-refractivity contribution in [1.82, 2.24) is 4.90 Å². The first-order valence-electron chi connectivity index (χ1n) is 9.37. The lowest BCUT2D eigenvalue weighted by Gasteiger charge is -2.23. The molecule has 7 nitrogen and oxygen atoms in total. The largest absolute Gasteiger partial charge is 0.454 e. The van der Waals surface area contributed by atoms with E-state index >= 15 is 0 Å². The Morgan fingerprint density at radius 1 is 1.10 bits per heavy atom. The summed E-state index contributed by atoms with van der Waals surface area (Å²) in [7, 11) is 0. The van der Waals surface area contributed by atoms with Gasteiger partial charge in [-0.25, -0.2) is 18.0 Å². The monoisotopic (exact) mass is 436 g/mol. The van der Waals surface area contributed by atoms with Crippen molar-refractivity contribution in [3.05, 3.63) is 65.5 Å². The van der Waals surface area contributed by atoms with Gasteiger partial charge in [-0.1, -0.05) is 18.2 Å². The highest BCUT2D eigenvalue weighted by Crippen LogP contribution is 2.21. The second-order valence-electron chi connectivity index (χ2n) is 7.00. The maximum absolute atomic E-state index is 13.8. The van der Waals surface area contributed by atoms with E-state index in [-0.39, 0.29) is 24.9 Å². The number of amides is 2. The zero-order valence-electron chi connectivity index (χ0n) is 16.2. The Balaban J connectivity index is 1.59. The first-order chi connectivity index (χ1) is 14.7. The minimum absolute atomic E-state index is 0.109. The van der Waals surface area contributed by atoms with Gasteiger partial charge in [0.05, 0.1) is 18.2 Å². The number of benzene rings is 2. The normalized spacial score (nSPS) is 18.0. The van der Waals surface area contributed by atoms with Crippen molar-refractivity contribution in [1.29, 1.82) is 0 Å². The number of nitrogens with one attached hydrogen (secondary N) is 1. The van der Waals surface area contributed by atoms with Crippen LogP contribution in [0.4, 0.5) is 18.9 Å². The molecule has 0 radical (unpaired) electrons. The van der Waals surface area contributed by atoms with Crippen LogP contribution in [0.3, 0.4) is 0 Å². The zero-order chi connectivity index (χ0) is 22.5. The average molecular weight is 436 g/mol. The van der Waals surface area contributed by atoms with Gasteiger partial charge >= 0.3 is 5.97 Å². The molecule has 1 heterocycles. The van der Waals surface area contributed by atoms with E-state index in [0.717, 1.165) is 23.1 Å². The number of anilines is 1. The fourth-order valence-corrected chi connectivity index (χ4v) is 3.23. The number of hydrogen-bond acceptors (Lipinski definition) is 5. The molecule has 10 heteroatoms. The Hall–Kier alpha value is -3.40. The van der Waals surface area contributed by atoms with Crippen molar-refractivity contribution < 1.29 is 37.4 Å². The van der Waals surface area contributed by atoms with Crippen LogP contribution in [0.1, 0.15) is 12.0 Å². The van der Waals surface area contributed by atoms with Crippen LogP contribution < -0.4 is 5.32 Å². The van der Waals surface area contributed by atoms with Gasteiger partial charge in [0.15, 0.2) is 6.61 Å². The summed E-state index contributed by atoms with van der Waals surface area (Å²) in [6.07, 6.45) is -1.41. The number of likely N-dealkylation sites (tertiary alicyclic amines) is 1. The Morgan fingerprint density at radius 3 is 2.58 bits per heavy atom. The van der Waals surface area contributed by atoms with Crippen LogP contribution in [0, 0.1) is 17.5 Å². The summed E-state index contributed by atoms with van der Waals surface area (Å²) in [5.74, 6) is -4.66. The minimum Gasteiger partial charge on any atom is -0.454 e. The van der Waals surface area contributed by atoms with Crippen LogP contribution in [0.15, 0.2) is 42.5 Å². The molecule has 1 saturated heterocycles. The highest BCUT2D eigenvalue weighted by molar-refractivity contribution is 5.94. The summed E-state index contributed by atoms with van der Waals surface area (Å²) < 4.78 is 45.4. The molecule has 1 aliphatic rings. The number of rotatable bonds is 6. The van der Waals surface area contributed by atoms with Crippen molar-refractivity contribution in [2.24, 2.45) is 0 Å². The average Bonchev–Trinajstić information content (AvgIpc) is 3.12. The lowest BCUT2D eigenvalue weighted by Crippen LogP contribution is -2.43. The van der Waals surface area contributed by atoms with Crippen molar-refractivity contribution in [3.63, 3.8) is 0 Å². The van der Waals surface area contributed by atoms with Gasteiger partial charge < -0.3 is 20.1 Å². The van der Waals surface area contributed by atoms with Crippen molar-refractivity contribution >= 4 is 23.5 Å². The Kier molecular flexibility index (Phi) is 6.91. The number of aliphatic hydroxyl groups excluding tert-OH is 1. The highest BCUT2D eigenvalue weighted by atomic mass is 19.1. The second-order valence-corrected chi connectivity index (χ2v) is 7.00. The van der Waals surface area contributed by atoms with Crippen molar-refractivity contribution in [2.75, 3.05) is 18.5 Å². The Morgan fingerprint density at radius 2 is 1.84 bits per heavy atom. The summed E-state index contributed by atoms with van der Waals surface area (Å²) in [6.45, 7) is -0.954. The molecule has 2 N–H and O–H groups in total. The molecule has 0 saturated carbocycles. The van der Waals surface area contributed by atoms with Gasteiger partial charge in [0.25, 0.3) is 5.91 Å². The molecule has 0 aliphatic carbocycles. The minimum atomic E-state index is -1.16. The van der Waals surface area contributed by atoms with E-state index in [1.54, 1.807) is 6.07 Å². The summed E-state index contributed by atoms with van der Waals surface area (Å²) in [6, 6.07) is 6.99. The number of halogens is 3. The fourth-order valence-electron chi connectivity index (χ4n) is 3.23. The van der Waals surface area contributed by atoms with Crippen LogP contribution in [0.25, 0.3) is 0 Å². The number of nitrogens with zero attached hydrogens (tertiary/aromatic N) is 1. The van der Waals surface area contributed by atoms with Gasteiger partial charge in [0, 0.05) is 19.0 Å². The third kappa shape index (κ3) is 5.60. The molecule has 2 aromatic carbocycles. The lowest BCUT2D eigenvalue weighted by molar-refractivity contribution is -0.155. The van der Waals surface area contributed by atoms with E-state index < -0.39 is 59.7 Å². The third-order valence-electron chi connectivity index (χ3n) is 4.72. The number of carbonyl (C=O) groups is 3. The fraction of sp³-hybridized carbons (Fsp3) is 0.286. The molecule has 2 aromatic rings. The number of ether oxygens (including phenoxy) is 1. The predicted octanol–water partition coefficient (Wildman–Crippen LogP) is 1.79. The van der Waals surface area contributed by atoms with E-state index in [1.165, 1.54) is 18.2 Å². The van der Waals surface area contributed by atoms with Crippen LogP contribution in [0.2, 0.25) is 0 Å². The first-order valence-corrected chi connectivity index (χ1v) is 9.37. The molecule has 3 rings (SSSR count). The molecule has 1 aliphatic heterocycles. The van der Waals surface area contributed by atoms with Crippen LogP contribution in [-0.2, 0) is 25.5 Å². The van der Waals surface area contributed by atoms with E-state index in [1.807, 2.05) is 0 Å². The predicted molar refractivity (Wildman–Crippen MR) is 102 cm³/mol. The summed E-state index contributed by atoms with van der Waals surface area (Å²) >= 11 is 0. The molecule has 2 unspecified atom stereocenters. The first kappa shape index (κ1) is 22.3. The molecule has 1 fully saturated rings. The maximum Gasteiger partial charge on any atom is 0.329 e. The smallest absolute Gasteiger partial charge is 0.329 e. The summed E-state index contributed by atoms with van der Waals surface area (Å²) in [4.78, 5) is 37.9. The number of hydrogen-bond donors (Lipinski definition) is 2. The number of β-amino-alcohol motifs (C(OH)–C–C–N with tert-alkyl or cyclic N) is 1. The van der Waals surface area contributed by atoms with Gasteiger partial charge in [-0.15, -0.1) is 0 Å². The topological polar surface area (TPSA) is 95.9 Å². The SMILES string of the molecule is O=C(COC(=O)C1CC(O)CN1C(=O)Cc1ccccc1F)Nc1cc(F)ccc1F. The van der Waals surface area contributed by atoms with Gasteiger partial charge in [-0.3, -0.25) is 9.59 Å². The molecule has 2 amide bonds. The standard InChI is InChI=1S/C21H19F3N2O5/c22-13-5-6-16(24)17(8-13)25-19(28)11-31-21(30)18-9-14(27)10-26(18)20(29)7-12-3-1-2-4-15(12)23/h1-6,8,14,18,27H,7,9-11H2,(H,25,28). The number of esters is 1. The highest BCUT2D eigenvalue weighted by Gasteiger charge is 2.40. The van der Waals surface area contributed by atoms with Crippen LogP contribution in [0.5, 0.6) is 0 Å². The zero-order valence-corrected chi connectivity index (χ0v) is 16.2. The van der Waals surface area contributed by atoms with E-state index in [9.17, 15) is 32.7 Å². The van der Waals surface area contributed by atoms with Crippen LogP contribution in [-0.4, -0.2) is 53.1 Å².